The van der Waals surface area contributed by atoms with Crippen LogP contribution >= 0.6 is 0 Å². The van der Waals surface area contributed by atoms with Crippen LogP contribution in [0.1, 0.15) is 36.2 Å². The Labute approximate surface area is 141 Å². The van der Waals surface area contributed by atoms with Gasteiger partial charge in [0.15, 0.2) is 11.3 Å². The van der Waals surface area contributed by atoms with E-state index in [0.29, 0.717) is 5.69 Å². The molecule has 4 rings (SSSR count). The average molecular weight is 328 g/mol. The Morgan fingerprint density at radius 2 is 2.12 bits per heavy atom. The lowest BCUT2D eigenvalue weighted by Gasteiger charge is -2.23. The summed E-state index contributed by atoms with van der Waals surface area (Å²) >= 11 is 0. The van der Waals surface area contributed by atoms with Gasteiger partial charge in [0.1, 0.15) is 5.82 Å². The average Bonchev–Trinajstić information content (AvgIpc) is 3.24. The van der Waals surface area contributed by atoms with Gasteiger partial charge in [0.05, 0.1) is 5.39 Å². The van der Waals surface area contributed by atoms with Gasteiger partial charge < -0.3 is 15.5 Å². The van der Waals surface area contributed by atoms with Gasteiger partial charge >= 0.3 is 0 Å². The highest BCUT2D eigenvalue weighted by molar-refractivity contribution is 6.04. The lowest BCUT2D eigenvalue weighted by molar-refractivity contribution is 0.0926. The van der Waals surface area contributed by atoms with Gasteiger partial charge in [0.2, 0.25) is 0 Å². The van der Waals surface area contributed by atoms with Crippen molar-refractivity contribution in [1.82, 2.24) is 25.4 Å². The third kappa shape index (κ3) is 2.84. The molecule has 1 unspecified atom stereocenters. The van der Waals surface area contributed by atoms with Gasteiger partial charge in [-0.15, -0.1) is 0 Å². The van der Waals surface area contributed by atoms with Crippen LogP contribution in [0.25, 0.3) is 11.0 Å². The van der Waals surface area contributed by atoms with E-state index in [1.807, 2.05) is 19.2 Å². The van der Waals surface area contributed by atoms with Crippen LogP contribution in [0.5, 0.6) is 0 Å². The van der Waals surface area contributed by atoms with Crippen LogP contribution in [-0.2, 0) is 7.05 Å². The Morgan fingerprint density at radius 1 is 1.29 bits per heavy atom. The molecule has 128 valence electrons. The minimum Gasteiger partial charge on any atom is -0.357 e. The van der Waals surface area contributed by atoms with Crippen LogP contribution in [0.2, 0.25) is 0 Å². The van der Waals surface area contributed by atoms with Crippen molar-refractivity contribution >= 4 is 22.8 Å². The van der Waals surface area contributed by atoms with E-state index in [1.165, 1.54) is 12.8 Å². The molecule has 2 aromatic heterocycles. The van der Waals surface area contributed by atoms with E-state index in [1.54, 1.807) is 4.68 Å². The monoisotopic (exact) mass is 328 g/mol. The van der Waals surface area contributed by atoms with Crippen molar-refractivity contribution in [2.24, 2.45) is 7.05 Å². The number of rotatable bonds is 3. The smallest absolute Gasteiger partial charge is 0.272 e. The summed E-state index contributed by atoms with van der Waals surface area (Å²) in [6.45, 7) is 3.96. The second kappa shape index (κ2) is 6.39. The molecule has 0 aromatic carbocycles. The van der Waals surface area contributed by atoms with Crippen LogP contribution in [0.15, 0.2) is 12.1 Å². The first kappa shape index (κ1) is 15.4. The van der Waals surface area contributed by atoms with Gasteiger partial charge in [-0.2, -0.15) is 5.10 Å². The first-order valence-electron chi connectivity index (χ1n) is 8.82. The summed E-state index contributed by atoms with van der Waals surface area (Å²) in [7, 11) is 1.85. The van der Waals surface area contributed by atoms with Crippen LogP contribution in [0.4, 0.5) is 5.82 Å². The molecule has 0 radical (unpaired) electrons. The van der Waals surface area contributed by atoms with E-state index in [2.05, 4.69) is 20.6 Å². The number of aromatic nitrogens is 3. The van der Waals surface area contributed by atoms with Crippen LogP contribution in [0, 0.1) is 0 Å². The molecule has 24 heavy (non-hydrogen) atoms. The summed E-state index contributed by atoms with van der Waals surface area (Å²) in [5.74, 6) is 0.872. The van der Waals surface area contributed by atoms with Crippen molar-refractivity contribution in [2.45, 2.75) is 31.7 Å². The normalized spacial score (nSPS) is 21.4. The van der Waals surface area contributed by atoms with Gasteiger partial charge in [-0.1, -0.05) is 0 Å². The van der Waals surface area contributed by atoms with Crippen molar-refractivity contribution < 1.29 is 4.79 Å². The van der Waals surface area contributed by atoms with E-state index < -0.39 is 0 Å². The van der Waals surface area contributed by atoms with Crippen molar-refractivity contribution in [1.29, 1.82) is 0 Å². The molecule has 2 N–H and O–H groups in total. The number of carbonyl (C=O) groups is 1. The number of piperidine rings is 1. The van der Waals surface area contributed by atoms with E-state index in [-0.39, 0.29) is 11.9 Å². The molecule has 2 aliphatic heterocycles. The highest BCUT2D eigenvalue weighted by Gasteiger charge is 2.22. The SMILES string of the molecule is Cn1nc(C(=O)NC2CCCNC2)c2ccc(N3CCCC3)nc21. The Kier molecular flexibility index (Phi) is 4.10. The fraction of sp³-hybridized carbons (Fsp3) is 0.588. The lowest BCUT2D eigenvalue weighted by Crippen LogP contribution is -2.45. The van der Waals surface area contributed by atoms with Gasteiger partial charge in [-0.05, 0) is 44.4 Å². The highest BCUT2D eigenvalue weighted by atomic mass is 16.2. The van der Waals surface area contributed by atoms with Gasteiger partial charge in [-0.3, -0.25) is 4.79 Å². The Hall–Kier alpha value is -2.15. The molecule has 1 amide bonds. The van der Waals surface area contributed by atoms with E-state index in [4.69, 9.17) is 4.98 Å². The largest absolute Gasteiger partial charge is 0.357 e. The molecule has 1 atom stereocenters. The molecular weight excluding hydrogens is 304 g/mol. The number of fused-ring (bicyclic) bond motifs is 1. The molecule has 0 bridgehead atoms. The fourth-order valence-electron chi connectivity index (χ4n) is 3.64. The number of hydrogen-bond donors (Lipinski definition) is 2. The lowest BCUT2D eigenvalue weighted by atomic mass is 10.1. The van der Waals surface area contributed by atoms with Crippen LogP contribution < -0.4 is 15.5 Å². The standard InChI is InChI=1S/C17H24N6O/c1-22-16-13(6-7-14(20-16)23-9-2-3-10-23)15(21-22)17(24)19-12-5-4-8-18-11-12/h6-7,12,18H,2-5,8-11H2,1H3,(H,19,24). The summed E-state index contributed by atoms with van der Waals surface area (Å²) < 4.78 is 1.71. The number of carbonyl (C=O) groups excluding carboxylic acids is 1. The van der Waals surface area contributed by atoms with E-state index in [9.17, 15) is 4.79 Å². The van der Waals surface area contributed by atoms with E-state index >= 15 is 0 Å². The van der Waals surface area contributed by atoms with Gasteiger partial charge in [0.25, 0.3) is 5.91 Å². The minimum atomic E-state index is -0.106. The molecule has 2 aromatic rings. The molecular formula is C17H24N6O. The third-order valence-electron chi connectivity index (χ3n) is 4.95. The number of pyridine rings is 1. The molecule has 2 fully saturated rings. The number of aryl methyl sites for hydroxylation is 1. The topological polar surface area (TPSA) is 75.1 Å². The summed E-state index contributed by atoms with van der Waals surface area (Å²) in [4.78, 5) is 19.7. The van der Waals surface area contributed by atoms with E-state index in [0.717, 1.165) is 55.9 Å². The van der Waals surface area contributed by atoms with Crippen LogP contribution in [0.3, 0.4) is 0 Å². The Balaban J connectivity index is 1.60. The number of amides is 1. The van der Waals surface area contributed by atoms with Crippen molar-refractivity contribution in [2.75, 3.05) is 31.1 Å². The second-order valence-corrected chi connectivity index (χ2v) is 6.72. The zero-order chi connectivity index (χ0) is 16.5. The van der Waals surface area contributed by atoms with Crippen LogP contribution in [-0.4, -0.2) is 52.9 Å². The molecule has 2 aliphatic rings. The number of hydrogen-bond acceptors (Lipinski definition) is 5. The summed E-state index contributed by atoms with van der Waals surface area (Å²) in [5, 5.41) is 11.7. The molecule has 0 saturated carbocycles. The minimum absolute atomic E-state index is 0.106. The first-order chi connectivity index (χ1) is 11.7. The zero-order valence-electron chi connectivity index (χ0n) is 14.1. The molecule has 7 nitrogen and oxygen atoms in total. The maximum Gasteiger partial charge on any atom is 0.272 e. The maximum atomic E-state index is 12.6. The molecule has 0 spiro atoms. The maximum absolute atomic E-state index is 12.6. The second-order valence-electron chi connectivity index (χ2n) is 6.72. The van der Waals surface area contributed by atoms with Crippen molar-refractivity contribution in [3.05, 3.63) is 17.8 Å². The number of nitrogens with zero attached hydrogens (tertiary/aromatic N) is 4. The zero-order valence-corrected chi connectivity index (χ0v) is 14.1. The predicted molar refractivity (Wildman–Crippen MR) is 93.3 cm³/mol. The van der Waals surface area contributed by atoms with Crippen molar-refractivity contribution in [3.8, 4) is 0 Å². The Bertz CT molecular complexity index is 743. The summed E-state index contributed by atoms with van der Waals surface area (Å²) in [5.41, 5.74) is 1.24. The third-order valence-corrected chi connectivity index (χ3v) is 4.95. The quantitative estimate of drug-likeness (QED) is 0.881. The number of anilines is 1. The summed E-state index contributed by atoms with van der Waals surface area (Å²) in [6, 6.07) is 4.17. The van der Waals surface area contributed by atoms with Gasteiger partial charge in [0, 0.05) is 32.7 Å². The molecule has 2 saturated heterocycles. The Morgan fingerprint density at radius 3 is 2.88 bits per heavy atom. The van der Waals surface area contributed by atoms with Crippen molar-refractivity contribution in [3.63, 3.8) is 0 Å². The highest BCUT2D eigenvalue weighted by Crippen LogP contribution is 2.23. The predicted octanol–water partition coefficient (Wildman–Crippen LogP) is 1.05. The number of nitrogens with one attached hydrogen (secondary N) is 2. The van der Waals surface area contributed by atoms with Gasteiger partial charge in [-0.25, -0.2) is 9.67 Å². The first-order valence-corrected chi connectivity index (χ1v) is 8.82. The fourth-order valence-corrected chi connectivity index (χ4v) is 3.64. The molecule has 7 heteroatoms. The molecule has 4 heterocycles. The summed E-state index contributed by atoms with van der Waals surface area (Å²) in [6.07, 6.45) is 4.54. The molecule has 0 aliphatic carbocycles.